The van der Waals surface area contributed by atoms with Gasteiger partial charge in [0.25, 0.3) is 0 Å². The zero-order valence-corrected chi connectivity index (χ0v) is 16.3. The van der Waals surface area contributed by atoms with Gasteiger partial charge in [-0.2, -0.15) is 9.50 Å². The van der Waals surface area contributed by atoms with Gasteiger partial charge in [-0.25, -0.2) is 4.98 Å². The SMILES string of the molecule is Cc1cc(CN2CCN(c3cc4nc(-c5ccco5)nn4c(N)n3)CC2C)no1. The lowest BCUT2D eigenvalue weighted by atomic mass is 10.1. The summed E-state index contributed by atoms with van der Waals surface area (Å²) in [5.41, 5.74) is 7.76. The number of piperazine rings is 1. The van der Waals surface area contributed by atoms with Gasteiger partial charge in [-0.15, -0.1) is 5.10 Å². The molecule has 0 spiro atoms. The molecule has 29 heavy (non-hydrogen) atoms. The first-order valence-corrected chi connectivity index (χ1v) is 9.55. The number of hydrogen-bond acceptors (Lipinski definition) is 9. The van der Waals surface area contributed by atoms with E-state index in [2.05, 4.69) is 36.9 Å². The number of aromatic nitrogens is 5. The highest BCUT2D eigenvalue weighted by atomic mass is 16.5. The van der Waals surface area contributed by atoms with Crippen molar-refractivity contribution in [3.05, 3.63) is 42.0 Å². The first-order valence-electron chi connectivity index (χ1n) is 9.55. The van der Waals surface area contributed by atoms with E-state index in [1.54, 1.807) is 12.3 Å². The Morgan fingerprint density at radius 2 is 2.14 bits per heavy atom. The fourth-order valence-corrected chi connectivity index (χ4v) is 3.71. The van der Waals surface area contributed by atoms with Crippen LogP contribution in [0.1, 0.15) is 18.4 Å². The molecular weight excluding hydrogens is 372 g/mol. The zero-order valence-electron chi connectivity index (χ0n) is 16.3. The van der Waals surface area contributed by atoms with Crippen LogP contribution in [0.25, 0.3) is 17.2 Å². The molecule has 2 N–H and O–H groups in total. The molecule has 1 atom stereocenters. The van der Waals surface area contributed by atoms with E-state index < -0.39 is 0 Å². The van der Waals surface area contributed by atoms with Crippen LogP contribution in [0.2, 0.25) is 0 Å². The van der Waals surface area contributed by atoms with Crippen LogP contribution in [0.3, 0.4) is 0 Å². The number of anilines is 2. The highest BCUT2D eigenvalue weighted by Crippen LogP contribution is 2.23. The lowest BCUT2D eigenvalue weighted by molar-refractivity contribution is 0.176. The number of nitrogens with zero attached hydrogens (tertiary/aromatic N) is 7. The van der Waals surface area contributed by atoms with E-state index in [0.717, 1.165) is 43.5 Å². The third-order valence-corrected chi connectivity index (χ3v) is 5.21. The highest BCUT2D eigenvalue weighted by molar-refractivity contribution is 5.59. The molecular formula is C19H22N8O2. The van der Waals surface area contributed by atoms with Gasteiger partial charge in [0.15, 0.2) is 11.4 Å². The van der Waals surface area contributed by atoms with Crippen LogP contribution < -0.4 is 10.6 Å². The zero-order chi connectivity index (χ0) is 20.0. The van der Waals surface area contributed by atoms with E-state index in [9.17, 15) is 0 Å². The summed E-state index contributed by atoms with van der Waals surface area (Å²) in [5.74, 6) is 3.02. The number of hydrogen-bond donors (Lipinski definition) is 1. The van der Waals surface area contributed by atoms with Gasteiger partial charge in [-0.3, -0.25) is 4.90 Å². The number of nitrogen functional groups attached to an aromatic ring is 1. The van der Waals surface area contributed by atoms with E-state index in [1.165, 1.54) is 4.52 Å². The van der Waals surface area contributed by atoms with Crippen molar-refractivity contribution in [3.63, 3.8) is 0 Å². The molecule has 1 aliphatic rings. The smallest absolute Gasteiger partial charge is 0.225 e. The van der Waals surface area contributed by atoms with Crippen molar-refractivity contribution in [2.24, 2.45) is 0 Å². The van der Waals surface area contributed by atoms with Gasteiger partial charge in [0.1, 0.15) is 11.6 Å². The molecule has 5 heterocycles. The summed E-state index contributed by atoms with van der Waals surface area (Å²) < 4.78 is 12.1. The van der Waals surface area contributed by atoms with Crippen LogP contribution in [-0.2, 0) is 6.54 Å². The van der Waals surface area contributed by atoms with E-state index >= 15 is 0 Å². The maximum absolute atomic E-state index is 6.16. The third-order valence-electron chi connectivity index (χ3n) is 5.21. The number of rotatable bonds is 4. The fraction of sp³-hybridized carbons (Fsp3) is 0.368. The van der Waals surface area contributed by atoms with Gasteiger partial charge in [0, 0.05) is 44.4 Å². The van der Waals surface area contributed by atoms with Crippen molar-refractivity contribution in [2.75, 3.05) is 30.3 Å². The van der Waals surface area contributed by atoms with Crippen molar-refractivity contribution in [1.29, 1.82) is 0 Å². The minimum absolute atomic E-state index is 0.302. The topological polar surface area (TPSA) is 115 Å². The molecule has 0 bridgehead atoms. The van der Waals surface area contributed by atoms with E-state index in [4.69, 9.17) is 14.7 Å². The molecule has 150 valence electrons. The Morgan fingerprint density at radius 1 is 1.24 bits per heavy atom. The average Bonchev–Trinajstić information content (AvgIpc) is 3.43. The average molecular weight is 394 g/mol. The van der Waals surface area contributed by atoms with Crippen molar-refractivity contribution in [2.45, 2.75) is 26.4 Å². The molecule has 10 nitrogen and oxygen atoms in total. The van der Waals surface area contributed by atoms with Crippen molar-refractivity contribution in [1.82, 2.24) is 29.6 Å². The number of nitrogens with two attached hydrogens (primary N) is 1. The molecule has 10 heteroatoms. The first-order chi connectivity index (χ1) is 14.1. The molecule has 1 saturated heterocycles. The molecule has 4 aromatic heterocycles. The van der Waals surface area contributed by atoms with Crippen molar-refractivity contribution >= 4 is 17.4 Å². The quantitative estimate of drug-likeness (QED) is 0.555. The summed E-state index contributed by atoms with van der Waals surface area (Å²) in [5, 5.41) is 8.50. The molecule has 1 fully saturated rings. The second-order valence-electron chi connectivity index (χ2n) is 7.35. The summed E-state index contributed by atoms with van der Waals surface area (Å²) in [6.07, 6.45) is 1.59. The lowest BCUT2D eigenvalue weighted by Crippen LogP contribution is -2.51. The number of fused-ring (bicyclic) bond motifs is 1. The second kappa shape index (κ2) is 6.89. The molecule has 0 saturated carbocycles. The van der Waals surface area contributed by atoms with Crippen LogP contribution in [0.5, 0.6) is 0 Å². The molecule has 4 aromatic rings. The lowest BCUT2D eigenvalue weighted by Gasteiger charge is -2.40. The summed E-state index contributed by atoms with van der Waals surface area (Å²) >= 11 is 0. The Balaban J connectivity index is 1.35. The fourth-order valence-electron chi connectivity index (χ4n) is 3.71. The third kappa shape index (κ3) is 3.31. The number of aryl methyl sites for hydroxylation is 1. The van der Waals surface area contributed by atoms with Crippen molar-refractivity contribution in [3.8, 4) is 11.6 Å². The van der Waals surface area contributed by atoms with Crippen LogP contribution >= 0.6 is 0 Å². The molecule has 1 aliphatic heterocycles. The van der Waals surface area contributed by atoms with Crippen molar-refractivity contribution < 1.29 is 8.94 Å². The predicted molar refractivity (Wildman–Crippen MR) is 106 cm³/mol. The normalized spacial score (nSPS) is 18.0. The Bertz CT molecular complexity index is 1130. The molecule has 0 amide bonds. The molecule has 1 unspecified atom stereocenters. The predicted octanol–water partition coefficient (Wildman–Crippen LogP) is 1.97. The van der Waals surface area contributed by atoms with E-state index in [0.29, 0.717) is 29.2 Å². The Labute approximate surface area is 166 Å². The Kier molecular flexibility index (Phi) is 4.20. The molecule has 0 aliphatic carbocycles. The maximum Gasteiger partial charge on any atom is 0.225 e. The summed E-state index contributed by atoms with van der Waals surface area (Å²) in [6.45, 7) is 7.45. The maximum atomic E-state index is 6.16. The molecule has 0 aromatic carbocycles. The summed E-state index contributed by atoms with van der Waals surface area (Å²) in [4.78, 5) is 13.7. The first kappa shape index (κ1) is 17.7. The van der Waals surface area contributed by atoms with E-state index in [1.807, 2.05) is 25.1 Å². The van der Waals surface area contributed by atoms with Crippen LogP contribution in [0.15, 0.2) is 39.5 Å². The molecule has 5 rings (SSSR count). The molecule has 0 radical (unpaired) electrons. The van der Waals surface area contributed by atoms with Gasteiger partial charge < -0.3 is 19.6 Å². The van der Waals surface area contributed by atoms with Crippen LogP contribution in [0, 0.1) is 6.92 Å². The van der Waals surface area contributed by atoms with Gasteiger partial charge in [0.2, 0.25) is 11.8 Å². The number of furan rings is 1. The summed E-state index contributed by atoms with van der Waals surface area (Å²) in [6, 6.07) is 7.85. The highest BCUT2D eigenvalue weighted by Gasteiger charge is 2.26. The minimum atomic E-state index is 0.302. The van der Waals surface area contributed by atoms with Gasteiger partial charge in [-0.1, -0.05) is 5.16 Å². The van der Waals surface area contributed by atoms with Crippen LogP contribution in [0.4, 0.5) is 11.8 Å². The summed E-state index contributed by atoms with van der Waals surface area (Å²) in [7, 11) is 0. The Morgan fingerprint density at radius 3 is 2.86 bits per heavy atom. The van der Waals surface area contributed by atoms with E-state index in [-0.39, 0.29) is 0 Å². The second-order valence-corrected chi connectivity index (χ2v) is 7.35. The Hall–Kier alpha value is -3.40. The standard InChI is InChI=1S/C19H22N8O2/c1-12-10-26(6-5-25(12)11-14-8-13(2)29-24-14)16-9-17-21-18(15-4-3-7-28-15)23-27(17)19(20)22-16/h3-4,7-9,12H,5-6,10-11H2,1-2H3,(H2,20,22). The van der Waals surface area contributed by atoms with Gasteiger partial charge in [-0.05, 0) is 26.0 Å². The van der Waals surface area contributed by atoms with Gasteiger partial charge in [0.05, 0.1) is 12.0 Å². The van der Waals surface area contributed by atoms with Gasteiger partial charge >= 0.3 is 0 Å². The van der Waals surface area contributed by atoms with Crippen LogP contribution in [-0.4, -0.2) is 55.3 Å². The largest absolute Gasteiger partial charge is 0.461 e. The monoisotopic (exact) mass is 394 g/mol. The minimum Gasteiger partial charge on any atom is -0.461 e.